The van der Waals surface area contributed by atoms with E-state index in [0.29, 0.717) is 17.3 Å². The molecule has 0 bridgehead atoms. The van der Waals surface area contributed by atoms with Crippen LogP contribution in [0.1, 0.15) is 24.8 Å². The summed E-state index contributed by atoms with van der Waals surface area (Å²) in [4.78, 5) is 14.2. The van der Waals surface area contributed by atoms with Crippen molar-refractivity contribution in [3.8, 4) is 5.75 Å². The minimum Gasteiger partial charge on any atom is -0.483 e. The maximum Gasteiger partial charge on any atom is 0.260 e. The van der Waals surface area contributed by atoms with Crippen molar-refractivity contribution in [2.45, 2.75) is 32.2 Å². The number of ether oxygens (including phenoxy) is 1. The van der Waals surface area contributed by atoms with Crippen molar-refractivity contribution < 1.29 is 17.9 Å². The lowest BCUT2D eigenvalue weighted by molar-refractivity contribution is -0.136. The average Bonchev–Trinajstić information content (AvgIpc) is 2.51. The fourth-order valence-electron chi connectivity index (χ4n) is 2.79. The highest BCUT2D eigenvalue weighted by Crippen LogP contribution is 2.22. The highest BCUT2D eigenvalue weighted by Gasteiger charge is 2.27. The molecule has 0 aromatic heterocycles. The first-order chi connectivity index (χ1) is 11.3. The van der Waals surface area contributed by atoms with Crippen LogP contribution >= 0.6 is 11.6 Å². The second-order valence-electron chi connectivity index (χ2n) is 6.06. The highest BCUT2D eigenvalue weighted by atomic mass is 35.5. The number of carbonyl (C=O) groups excluding carboxylic acids is 1. The molecule has 0 saturated carbocycles. The fourth-order valence-corrected chi connectivity index (χ4v) is 3.51. The number of nitrogens with zero attached hydrogens (tertiary/aromatic N) is 1. The predicted molar refractivity (Wildman–Crippen MR) is 93.9 cm³/mol. The van der Waals surface area contributed by atoms with Gasteiger partial charge in [-0.15, -0.1) is 0 Å². The normalized spacial score (nSPS) is 18.5. The smallest absolute Gasteiger partial charge is 0.260 e. The standard InChI is InChI=1S/C16H23ClN2O4S/c1-12-9-13(17)6-7-15(12)23-11-16(20)19-8-4-3-5-14(19)10-18-24(2,21)22/h6-7,9,14,18H,3-5,8,10-11H2,1-2H3. The first-order valence-electron chi connectivity index (χ1n) is 7.89. The van der Waals surface area contributed by atoms with E-state index in [-0.39, 0.29) is 25.1 Å². The molecule has 1 fully saturated rings. The second kappa shape index (κ2) is 8.18. The Bertz CT molecular complexity index is 693. The second-order valence-corrected chi connectivity index (χ2v) is 8.33. The van der Waals surface area contributed by atoms with Crippen LogP contribution in [-0.4, -0.2) is 51.2 Å². The van der Waals surface area contributed by atoms with E-state index in [9.17, 15) is 13.2 Å². The molecular weight excluding hydrogens is 352 g/mol. The zero-order chi connectivity index (χ0) is 17.7. The van der Waals surface area contributed by atoms with Crippen LogP contribution in [0.25, 0.3) is 0 Å². The van der Waals surface area contributed by atoms with Gasteiger partial charge in [0.05, 0.1) is 6.26 Å². The molecular formula is C16H23ClN2O4S. The van der Waals surface area contributed by atoms with Crippen molar-refractivity contribution in [2.75, 3.05) is 26.0 Å². The highest BCUT2D eigenvalue weighted by molar-refractivity contribution is 7.88. The van der Waals surface area contributed by atoms with E-state index in [0.717, 1.165) is 31.1 Å². The Morgan fingerprint density at radius 3 is 2.83 bits per heavy atom. The van der Waals surface area contributed by atoms with Gasteiger partial charge >= 0.3 is 0 Å². The van der Waals surface area contributed by atoms with Crippen molar-refractivity contribution >= 4 is 27.5 Å². The van der Waals surface area contributed by atoms with Gasteiger partial charge in [0, 0.05) is 24.2 Å². The monoisotopic (exact) mass is 374 g/mol. The summed E-state index contributed by atoms with van der Waals surface area (Å²) in [6.45, 7) is 2.66. The number of benzene rings is 1. The van der Waals surface area contributed by atoms with Crippen molar-refractivity contribution in [2.24, 2.45) is 0 Å². The van der Waals surface area contributed by atoms with Crippen molar-refractivity contribution in [1.29, 1.82) is 0 Å². The molecule has 0 radical (unpaired) electrons. The Morgan fingerprint density at radius 2 is 2.17 bits per heavy atom. The lowest BCUT2D eigenvalue weighted by atomic mass is 10.0. The summed E-state index contributed by atoms with van der Waals surface area (Å²) in [5, 5.41) is 0.620. The first kappa shape index (κ1) is 19.0. The number of piperidine rings is 1. The van der Waals surface area contributed by atoms with Gasteiger partial charge in [0.2, 0.25) is 10.0 Å². The molecule has 1 aromatic rings. The van der Waals surface area contributed by atoms with E-state index in [1.165, 1.54) is 0 Å². The van der Waals surface area contributed by atoms with E-state index in [4.69, 9.17) is 16.3 Å². The number of likely N-dealkylation sites (tertiary alicyclic amines) is 1. The van der Waals surface area contributed by atoms with E-state index in [1.807, 2.05) is 6.92 Å². The minimum atomic E-state index is -3.27. The predicted octanol–water partition coefficient (Wildman–Crippen LogP) is 1.96. The van der Waals surface area contributed by atoms with Crippen LogP contribution in [0.4, 0.5) is 0 Å². The van der Waals surface area contributed by atoms with Crippen LogP contribution in [0.15, 0.2) is 18.2 Å². The van der Waals surface area contributed by atoms with Gasteiger partial charge in [0.15, 0.2) is 6.61 Å². The molecule has 2 rings (SSSR count). The molecule has 1 aliphatic rings. The molecule has 8 heteroatoms. The molecule has 0 aliphatic carbocycles. The van der Waals surface area contributed by atoms with Gasteiger partial charge in [-0.1, -0.05) is 11.6 Å². The van der Waals surface area contributed by atoms with E-state index in [1.54, 1.807) is 23.1 Å². The summed E-state index contributed by atoms with van der Waals surface area (Å²) in [5.74, 6) is 0.486. The molecule has 134 valence electrons. The number of sulfonamides is 1. The third-order valence-electron chi connectivity index (χ3n) is 4.02. The SMILES string of the molecule is Cc1cc(Cl)ccc1OCC(=O)N1CCCCC1CNS(C)(=O)=O. The zero-order valence-corrected chi connectivity index (χ0v) is 15.5. The third-order valence-corrected chi connectivity index (χ3v) is 4.94. The van der Waals surface area contributed by atoms with Gasteiger partial charge in [-0.2, -0.15) is 0 Å². The van der Waals surface area contributed by atoms with E-state index in [2.05, 4.69) is 4.72 Å². The Labute approximate surface area is 148 Å². The maximum atomic E-state index is 12.5. The van der Waals surface area contributed by atoms with Crippen molar-refractivity contribution in [1.82, 2.24) is 9.62 Å². The molecule has 1 heterocycles. The summed E-state index contributed by atoms with van der Waals surface area (Å²) in [6.07, 6.45) is 3.81. The van der Waals surface area contributed by atoms with Crippen LogP contribution in [0.3, 0.4) is 0 Å². The molecule has 1 unspecified atom stereocenters. The molecule has 1 N–H and O–H groups in total. The van der Waals surface area contributed by atoms with Crippen LogP contribution in [-0.2, 0) is 14.8 Å². The Hall–Kier alpha value is -1.31. The van der Waals surface area contributed by atoms with E-state index >= 15 is 0 Å². The first-order valence-corrected chi connectivity index (χ1v) is 10.2. The van der Waals surface area contributed by atoms with Gasteiger partial charge < -0.3 is 9.64 Å². The number of hydrogen-bond donors (Lipinski definition) is 1. The number of halogens is 1. The Morgan fingerprint density at radius 1 is 1.42 bits per heavy atom. The summed E-state index contributed by atoms with van der Waals surface area (Å²) in [7, 11) is -3.27. The Kier molecular flexibility index (Phi) is 6.48. The third kappa shape index (κ3) is 5.65. The maximum absolute atomic E-state index is 12.5. The zero-order valence-electron chi connectivity index (χ0n) is 13.9. The summed E-state index contributed by atoms with van der Waals surface area (Å²) in [5.41, 5.74) is 0.865. The molecule has 24 heavy (non-hydrogen) atoms. The molecule has 1 atom stereocenters. The molecule has 1 saturated heterocycles. The molecule has 1 amide bonds. The number of amides is 1. The number of hydrogen-bond acceptors (Lipinski definition) is 4. The quantitative estimate of drug-likeness (QED) is 0.825. The average molecular weight is 375 g/mol. The number of aryl methyl sites for hydroxylation is 1. The van der Waals surface area contributed by atoms with Crippen molar-refractivity contribution in [3.63, 3.8) is 0 Å². The number of nitrogens with one attached hydrogen (secondary N) is 1. The number of carbonyl (C=O) groups is 1. The topological polar surface area (TPSA) is 75.7 Å². The summed E-state index contributed by atoms with van der Waals surface area (Å²) >= 11 is 5.91. The van der Waals surface area contributed by atoms with Crippen LogP contribution in [0, 0.1) is 6.92 Å². The molecule has 6 nitrogen and oxygen atoms in total. The molecule has 1 aliphatic heterocycles. The number of rotatable bonds is 6. The summed E-state index contributed by atoms with van der Waals surface area (Å²) < 4.78 is 30.7. The minimum absolute atomic E-state index is 0.0716. The molecule has 1 aromatic carbocycles. The van der Waals surface area contributed by atoms with Gasteiger partial charge in [-0.25, -0.2) is 13.1 Å². The van der Waals surface area contributed by atoms with Gasteiger partial charge in [-0.05, 0) is 49.9 Å². The van der Waals surface area contributed by atoms with Gasteiger partial charge in [0.1, 0.15) is 5.75 Å². The summed E-state index contributed by atoms with van der Waals surface area (Å²) in [6, 6.07) is 5.11. The van der Waals surface area contributed by atoms with Gasteiger partial charge in [0.25, 0.3) is 5.91 Å². The van der Waals surface area contributed by atoms with Gasteiger partial charge in [-0.3, -0.25) is 4.79 Å². The van der Waals surface area contributed by atoms with Crippen LogP contribution in [0.2, 0.25) is 5.02 Å². The lowest BCUT2D eigenvalue weighted by Gasteiger charge is -2.35. The van der Waals surface area contributed by atoms with Crippen molar-refractivity contribution in [3.05, 3.63) is 28.8 Å². The molecule has 0 spiro atoms. The Balaban J connectivity index is 1.95. The van der Waals surface area contributed by atoms with Crippen LogP contribution < -0.4 is 9.46 Å². The fraction of sp³-hybridized carbons (Fsp3) is 0.562. The largest absolute Gasteiger partial charge is 0.483 e. The van der Waals surface area contributed by atoms with E-state index < -0.39 is 10.0 Å². The lowest BCUT2D eigenvalue weighted by Crippen LogP contribution is -2.50. The van der Waals surface area contributed by atoms with Crippen LogP contribution in [0.5, 0.6) is 5.75 Å².